The maximum atomic E-state index is 5.57. The normalized spacial score (nSPS) is 10.2. The average molecular weight is 241 g/mol. The zero-order valence-electron chi connectivity index (χ0n) is 8.73. The molecule has 0 saturated heterocycles. The number of methoxy groups -OCH3 is 2. The monoisotopic (exact) mass is 240 g/mol. The van der Waals surface area contributed by atoms with E-state index in [2.05, 4.69) is 10.2 Å². The lowest BCUT2D eigenvalue weighted by molar-refractivity contribution is 0.403. The van der Waals surface area contributed by atoms with Gasteiger partial charge in [0.1, 0.15) is 11.5 Å². The Balaban J connectivity index is 2.52. The molecule has 0 aliphatic carbocycles. The number of hydrogen-bond acceptors (Lipinski definition) is 5. The van der Waals surface area contributed by atoms with E-state index >= 15 is 0 Å². The highest BCUT2D eigenvalue weighted by molar-refractivity contribution is 6.27. The van der Waals surface area contributed by atoms with Crippen molar-refractivity contribution in [3.05, 3.63) is 23.5 Å². The molecule has 16 heavy (non-hydrogen) atoms. The van der Waals surface area contributed by atoms with E-state index in [1.807, 2.05) is 0 Å². The number of ether oxygens (including phenoxy) is 2. The first-order valence-electron chi connectivity index (χ1n) is 4.46. The Bertz CT molecular complexity index is 499. The van der Waals surface area contributed by atoms with Crippen molar-refractivity contribution in [2.24, 2.45) is 0 Å². The number of nitrogens with zero attached hydrogens (tertiary/aromatic N) is 2. The third-order valence-electron chi connectivity index (χ3n) is 2.04. The summed E-state index contributed by atoms with van der Waals surface area (Å²) in [7, 11) is 3.13. The summed E-state index contributed by atoms with van der Waals surface area (Å²) in [5.41, 5.74) is 0.640. The van der Waals surface area contributed by atoms with E-state index in [1.54, 1.807) is 32.4 Å². The average Bonchev–Trinajstić information content (AvgIpc) is 2.75. The van der Waals surface area contributed by atoms with Crippen LogP contribution in [-0.4, -0.2) is 24.4 Å². The molecule has 1 heterocycles. The summed E-state index contributed by atoms with van der Waals surface area (Å²) in [6.07, 6.45) is 0. The predicted molar refractivity (Wildman–Crippen MR) is 57.8 cm³/mol. The van der Waals surface area contributed by atoms with Gasteiger partial charge in [-0.25, -0.2) is 0 Å². The molecule has 6 heteroatoms. The van der Waals surface area contributed by atoms with Gasteiger partial charge in [0.2, 0.25) is 0 Å². The lowest BCUT2D eigenvalue weighted by atomic mass is 10.2. The van der Waals surface area contributed by atoms with Crippen LogP contribution in [0.15, 0.2) is 22.6 Å². The Hall–Kier alpha value is -1.75. The molecule has 0 amide bonds. The van der Waals surface area contributed by atoms with Gasteiger partial charge < -0.3 is 13.9 Å². The number of hydrogen-bond donors (Lipinski definition) is 0. The van der Waals surface area contributed by atoms with Gasteiger partial charge in [0.15, 0.2) is 0 Å². The van der Waals surface area contributed by atoms with Crippen molar-refractivity contribution in [2.75, 3.05) is 14.2 Å². The van der Waals surface area contributed by atoms with Crippen molar-refractivity contribution in [3.8, 4) is 23.0 Å². The van der Waals surface area contributed by atoms with Crippen LogP contribution in [0.25, 0.3) is 11.5 Å². The first kappa shape index (κ1) is 10.8. The lowest BCUT2D eigenvalue weighted by Gasteiger charge is -2.06. The fraction of sp³-hybridized carbons (Fsp3) is 0.200. The molecule has 0 saturated carbocycles. The molecule has 84 valence electrons. The summed E-state index contributed by atoms with van der Waals surface area (Å²) in [6, 6.07) is 5.27. The zero-order chi connectivity index (χ0) is 11.5. The second kappa shape index (κ2) is 4.40. The van der Waals surface area contributed by atoms with Crippen molar-refractivity contribution in [1.29, 1.82) is 0 Å². The molecule has 2 aromatic rings. The van der Waals surface area contributed by atoms with E-state index in [-0.39, 0.29) is 5.35 Å². The minimum atomic E-state index is -0.0140. The van der Waals surface area contributed by atoms with E-state index in [0.29, 0.717) is 23.0 Å². The number of rotatable bonds is 3. The van der Waals surface area contributed by atoms with Crippen LogP contribution in [-0.2, 0) is 0 Å². The fourth-order valence-corrected chi connectivity index (χ4v) is 1.41. The van der Waals surface area contributed by atoms with Crippen molar-refractivity contribution < 1.29 is 13.9 Å². The van der Waals surface area contributed by atoms with Crippen LogP contribution in [0.5, 0.6) is 11.5 Å². The van der Waals surface area contributed by atoms with E-state index in [1.165, 1.54) is 0 Å². The quantitative estimate of drug-likeness (QED) is 0.825. The third kappa shape index (κ3) is 1.94. The molecule has 0 N–H and O–H groups in total. The summed E-state index contributed by atoms with van der Waals surface area (Å²) in [4.78, 5) is 0. The van der Waals surface area contributed by atoms with Gasteiger partial charge in [0, 0.05) is 0 Å². The molecule has 1 aromatic heterocycles. The summed E-state index contributed by atoms with van der Waals surface area (Å²) in [5.74, 6) is 1.58. The Morgan fingerprint density at radius 3 is 2.56 bits per heavy atom. The van der Waals surface area contributed by atoms with Gasteiger partial charge in [-0.05, 0) is 29.8 Å². The molecule has 0 atom stereocenters. The van der Waals surface area contributed by atoms with Crippen LogP contribution in [0.4, 0.5) is 0 Å². The maximum absolute atomic E-state index is 5.57. The zero-order valence-corrected chi connectivity index (χ0v) is 9.49. The standard InChI is InChI=1S/C10H9ClN2O3/c1-14-6-3-4-8(15-2)7(5-6)9-12-13-10(11)16-9/h3-5H,1-2H3. The molecule has 0 aliphatic heterocycles. The molecule has 5 nitrogen and oxygen atoms in total. The minimum absolute atomic E-state index is 0.0140. The van der Waals surface area contributed by atoms with Crippen LogP contribution in [0, 0.1) is 0 Å². The Morgan fingerprint density at radius 1 is 1.19 bits per heavy atom. The van der Waals surface area contributed by atoms with Crippen molar-refractivity contribution in [1.82, 2.24) is 10.2 Å². The second-order valence-electron chi connectivity index (χ2n) is 2.93. The first-order chi connectivity index (χ1) is 7.74. The van der Waals surface area contributed by atoms with Crippen LogP contribution in [0.2, 0.25) is 5.35 Å². The van der Waals surface area contributed by atoms with E-state index in [4.69, 9.17) is 25.5 Å². The van der Waals surface area contributed by atoms with E-state index in [9.17, 15) is 0 Å². The highest BCUT2D eigenvalue weighted by atomic mass is 35.5. The highest BCUT2D eigenvalue weighted by Gasteiger charge is 2.13. The third-order valence-corrected chi connectivity index (χ3v) is 2.19. The number of benzene rings is 1. The Labute approximate surface area is 97.0 Å². The molecule has 0 aliphatic rings. The van der Waals surface area contributed by atoms with E-state index in [0.717, 1.165) is 0 Å². The van der Waals surface area contributed by atoms with Gasteiger partial charge in [-0.2, -0.15) is 0 Å². The molecule has 2 rings (SSSR count). The predicted octanol–water partition coefficient (Wildman–Crippen LogP) is 2.41. The summed E-state index contributed by atoms with van der Waals surface area (Å²) in [5, 5.41) is 7.35. The van der Waals surface area contributed by atoms with E-state index < -0.39 is 0 Å². The second-order valence-corrected chi connectivity index (χ2v) is 3.25. The molecule has 0 spiro atoms. The fourth-order valence-electron chi connectivity index (χ4n) is 1.30. The van der Waals surface area contributed by atoms with Gasteiger partial charge in [-0.1, -0.05) is 5.10 Å². The molecule has 0 radical (unpaired) electrons. The highest BCUT2D eigenvalue weighted by Crippen LogP contribution is 2.32. The summed E-state index contributed by atoms with van der Waals surface area (Å²) < 4.78 is 15.4. The summed E-state index contributed by atoms with van der Waals surface area (Å²) >= 11 is 5.57. The topological polar surface area (TPSA) is 57.4 Å². The molecule has 0 bridgehead atoms. The number of aromatic nitrogens is 2. The smallest absolute Gasteiger partial charge is 0.313 e. The molecule has 1 aromatic carbocycles. The van der Waals surface area contributed by atoms with Gasteiger partial charge >= 0.3 is 5.35 Å². The van der Waals surface area contributed by atoms with Crippen molar-refractivity contribution >= 4 is 11.6 Å². The number of halogens is 1. The van der Waals surface area contributed by atoms with Gasteiger partial charge in [0.25, 0.3) is 5.89 Å². The minimum Gasteiger partial charge on any atom is -0.497 e. The van der Waals surface area contributed by atoms with Gasteiger partial charge in [-0.3, -0.25) is 0 Å². The largest absolute Gasteiger partial charge is 0.497 e. The van der Waals surface area contributed by atoms with Crippen molar-refractivity contribution in [3.63, 3.8) is 0 Å². The Morgan fingerprint density at radius 2 is 2.00 bits per heavy atom. The van der Waals surface area contributed by atoms with Crippen LogP contribution in [0.1, 0.15) is 0 Å². The Kier molecular flexibility index (Phi) is 2.96. The molecular weight excluding hydrogens is 232 g/mol. The van der Waals surface area contributed by atoms with Gasteiger partial charge in [-0.15, -0.1) is 5.10 Å². The summed E-state index contributed by atoms with van der Waals surface area (Å²) in [6.45, 7) is 0. The van der Waals surface area contributed by atoms with Gasteiger partial charge in [0.05, 0.1) is 19.8 Å². The van der Waals surface area contributed by atoms with Crippen molar-refractivity contribution in [2.45, 2.75) is 0 Å². The molecular formula is C10H9ClN2O3. The lowest BCUT2D eigenvalue weighted by Crippen LogP contribution is -1.90. The molecule has 0 fully saturated rings. The van der Waals surface area contributed by atoms with Crippen LogP contribution >= 0.6 is 11.6 Å². The first-order valence-corrected chi connectivity index (χ1v) is 4.84. The maximum Gasteiger partial charge on any atom is 0.313 e. The van der Waals surface area contributed by atoms with Crippen LogP contribution < -0.4 is 9.47 Å². The molecule has 0 unspecified atom stereocenters. The SMILES string of the molecule is COc1ccc(OC)c(-c2nnc(Cl)o2)c1. The van der Waals surface area contributed by atoms with Crippen LogP contribution in [0.3, 0.4) is 0 Å².